The fraction of sp³-hybridized carbons (Fsp3) is 0.467. The number of halogens is 1. The lowest BCUT2D eigenvalue weighted by molar-refractivity contribution is 0.150. The molecule has 2 aliphatic rings. The van der Waals surface area contributed by atoms with Gasteiger partial charge >= 0.3 is 0 Å². The number of hydrogen-bond donors (Lipinski definition) is 2. The van der Waals surface area contributed by atoms with Crippen molar-refractivity contribution in [2.45, 2.75) is 12.8 Å². The SMILES string of the molecule is COCCN1CCc2cc(Nc3ncc(Cl)c(Nc4ccc(N5CCN(C)CC5)cc4OC)n3)c(OC)cc2CC1. The van der Waals surface area contributed by atoms with Crippen LogP contribution in [0.4, 0.5) is 28.8 Å². The zero-order valence-corrected chi connectivity index (χ0v) is 25.1. The number of anilines is 5. The predicted octanol–water partition coefficient (Wildman–Crippen LogP) is 4.43. The first kappa shape index (κ1) is 29.2. The van der Waals surface area contributed by atoms with Gasteiger partial charge < -0.3 is 39.5 Å². The molecule has 11 heteroatoms. The molecule has 0 aliphatic carbocycles. The Bertz CT molecular complexity index is 1330. The molecule has 0 radical (unpaired) electrons. The van der Waals surface area contributed by atoms with Crippen molar-refractivity contribution in [1.82, 2.24) is 19.8 Å². The quantitative estimate of drug-likeness (QED) is 0.358. The van der Waals surface area contributed by atoms with Crippen LogP contribution in [0.2, 0.25) is 5.02 Å². The van der Waals surface area contributed by atoms with Gasteiger partial charge in [-0.2, -0.15) is 4.98 Å². The van der Waals surface area contributed by atoms with Crippen LogP contribution in [0.15, 0.2) is 36.5 Å². The van der Waals surface area contributed by atoms with Gasteiger partial charge in [-0.05, 0) is 55.3 Å². The highest BCUT2D eigenvalue weighted by atomic mass is 35.5. The number of nitrogens with one attached hydrogen (secondary N) is 2. The van der Waals surface area contributed by atoms with E-state index in [0.29, 0.717) is 16.8 Å². The van der Waals surface area contributed by atoms with E-state index < -0.39 is 0 Å². The molecular formula is C30H40ClN7O3. The van der Waals surface area contributed by atoms with Gasteiger partial charge in [-0.1, -0.05) is 11.6 Å². The average Bonchev–Trinajstić information content (AvgIpc) is 3.19. The highest BCUT2D eigenvalue weighted by Gasteiger charge is 2.19. The van der Waals surface area contributed by atoms with Gasteiger partial charge in [-0.3, -0.25) is 0 Å². The zero-order valence-electron chi connectivity index (χ0n) is 24.4. The normalized spacial score (nSPS) is 16.2. The van der Waals surface area contributed by atoms with E-state index in [1.165, 1.54) is 11.1 Å². The summed E-state index contributed by atoms with van der Waals surface area (Å²) in [5.41, 5.74) is 5.33. The molecule has 0 spiro atoms. The Kier molecular flexibility index (Phi) is 9.66. The minimum Gasteiger partial charge on any atom is -0.495 e. The number of nitrogens with zero attached hydrogens (tertiary/aromatic N) is 5. The van der Waals surface area contributed by atoms with E-state index in [0.717, 1.165) is 93.8 Å². The summed E-state index contributed by atoms with van der Waals surface area (Å²) in [5.74, 6) is 2.37. The van der Waals surface area contributed by atoms with E-state index >= 15 is 0 Å². The fourth-order valence-electron chi connectivity index (χ4n) is 5.32. The van der Waals surface area contributed by atoms with Crippen molar-refractivity contribution in [1.29, 1.82) is 0 Å². The average molecular weight is 582 g/mol. The van der Waals surface area contributed by atoms with Crippen LogP contribution in [0.25, 0.3) is 0 Å². The number of benzene rings is 2. The fourth-order valence-corrected chi connectivity index (χ4v) is 5.46. The molecule has 0 unspecified atom stereocenters. The van der Waals surface area contributed by atoms with Gasteiger partial charge in [0.15, 0.2) is 5.82 Å². The van der Waals surface area contributed by atoms with Crippen LogP contribution < -0.4 is 25.0 Å². The molecule has 3 aromatic rings. The van der Waals surface area contributed by atoms with Crippen LogP contribution in [0.1, 0.15) is 11.1 Å². The second kappa shape index (κ2) is 13.6. The molecule has 2 aromatic carbocycles. The molecule has 41 heavy (non-hydrogen) atoms. The molecule has 2 N–H and O–H groups in total. The second-order valence-corrected chi connectivity index (χ2v) is 10.9. The molecule has 2 aliphatic heterocycles. The van der Waals surface area contributed by atoms with Crippen molar-refractivity contribution in [3.63, 3.8) is 0 Å². The maximum Gasteiger partial charge on any atom is 0.229 e. The van der Waals surface area contributed by atoms with Gasteiger partial charge in [0.2, 0.25) is 5.95 Å². The monoisotopic (exact) mass is 581 g/mol. The topological polar surface area (TPSA) is 87.3 Å². The first-order chi connectivity index (χ1) is 20.0. The first-order valence-corrected chi connectivity index (χ1v) is 14.4. The summed E-state index contributed by atoms with van der Waals surface area (Å²) in [6, 6.07) is 10.4. The summed E-state index contributed by atoms with van der Waals surface area (Å²) in [6.45, 7) is 7.71. The van der Waals surface area contributed by atoms with E-state index in [2.05, 4.69) is 61.6 Å². The highest BCUT2D eigenvalue weighted by Crippen LogP contribution is 2.36. The number of methoxy groups -OCH3 is 3. The maximum atomic E-state index is 6.53. The molecule has 220 valence electrons. The number of aromatic nitrogens is 2. The summed E-state index contributed by atoms with van der Waals surface area (Å²) in [6.07, 6.45) is 3.51. The van der Waals surface area contributed by atoms with E-state index in [4.69, 9.17) is 30.8 Å². The van der Waals surface area contributed by atoms with Crippen LogP contribution in [0.3, 0.4) is 0 Å². The van der Waals surface area contributed by atoms with Crippen molar-refractivity contribution >= 4 is 40.4 Å². The van der Waals surface area contributed by atoms with E-state index in [-0.39, 0.29) is 0 Å². The molecule has 0 atom stereocenters. The number of likely N-dealkylation sites (N-methyl/N-ethyl adjacent to an activating group) is 1. The number of piperazine rings is 1. The number of rotatable bonds is 10. The lowest BCUT2D eigenvalue weighted by atomic mass is 10.0. The summed E-state index contributed by atoms with van der Waals surface area (Å²) in [7, 11) is 7.25. The van der Waals surface area contributed by atoms with Crippen LogP contribution >= 0.6 is 11.6 Å². The summed E-state index contributed by atoms with van der Waals surface area (Å²) in [5, 5.41) is 7.11. The molecule has 1 saturated heterocycles. The maximum absolute atomic E-state index is 6.53. The van der Waals surface area contributed by atoms with Crippen LogP contribution in [-0.4, -0.2) is 101 Å². The molecule has 10 nitrogen and oxygen atoms in total. The van der Waals surface area contributed by atoms with Gasteiger partial charge in [0.05, 0.1) is 38.4 Å². The Labute approximate surface area is 247 Å². The van der Waals surface area contributed by atoms with Gasteiger partial charge in [0, 0.05) is 64.7 Å². The van der Waals surface area contributed by atoms with Crippen LogP contribution in [-0.2, 0) is 17.6 Å². The first-order valence-electron chi connectivity index (χ1n) is 14.1. The minimum absolute atomic E-state index is 0.408. The standard InChI is InChI=1S/C30H40ClN7O3/c1-36-11-13-38(14-12-36)23-5-6-25(28(19-23)41-4)33-29-24(31)20-32-30(35-29)34-26-17-21-7-9-37(15-16-39-2)10-8-22(21)18-27(26)40-3/h5-6,17-20H,7-16H2,1-4H3,(H2,32,33,34,35). The van der Waals surface area contributed by atoms with Gasteiger partial charge in [-0.15, -0.1) is 0 Å². The highest BCUT2D eigenvalue weighted by molar-refractivity contribution is 6.33. The molecule has 0 saturated carbocycles. The Morgan fingerprint density at radius 3 is 2.27 bits per heavy atom. The van der Waals surface area contributed by atoms with Crippen molar-refractivity contribution < 1.29 is 14.2 Å². The summed E-state index contributed by atoms with van der Waals surface area (Å²) in [4.78, 5) is 16.3. The van der Waals surface area contributed by atoms with E-state index in [9.17, 15) is 0 Å². The summed E-state index contributed by atoms with van der Waals surface area (Å²) >= 11 is 6.53. The van der Waals surface area contributed by atoms with Gasteiger partial charge in [-0.25, -0.2) is 4.98 Å². The molecule has 0 bridgehead atoms. The Morgan fingerprint density at radius 2 is 1.56 bits per heavy atom. The van der Waals surface area contributed by atoms with Crippen molar-refractivity contribution in [2.24, 2.45) is 0 Å². The Morgan fingerprint density at radius 1 is 0.854 bits per heavy atom. The molecule has 3 heterocycles. The third-order valence-corrected chi connectivity index (χ3v) is 8.10. The zero-order chi connectivity index (χ0) is 28.8. The van der Waals surface area contributed by atoms with Crippen molar-refractivity contribution in [3.05, 3.63) is 52.7 Å². The van der Waals surface area contributed by atoms with E-state index in [1.807, 2.05) is 6.07 Å². The third-order valence-electron chi connectivity index (χ3n) is 7.83. The molecule has 1 aromatic heterocycles. The molecule has 1 fully saturated rings. The Hall–Kier alpha value is -3.31. The van der Waals surface area contributed by atoms with Crippen molar-refractivity contribution in [3.8, 4) is 11.5 Å². The van der Waals surface area contributed by atoms with Crippen LogP contribution in [0.5, 0.6) is 11.5 Å². The smallest absolute Gasteiger partial charge is 0.229 e. The van der Waals surface area contributed by atoms with Gasteiger partial charge in [0.25, 0.3) is 0 Å². The lowest BCUT2D eigenvalue weighted by Crippen LogP contribution is -2.44. The molecule has 0 amide bonds. The third kappa shape index (κ3) is 7.13. The second-order valence-electron chi connectivity index (χ2n) is 10.5. The number of hydrogen-bond acceptors (Lipinski definition) is 10. The molecule has 5 rings (SSSR count). The lowest BCUT2D eigenvalue weighted by Gasteiger charge is -2.34. The summed E-state index contributed by atoms with van der Waals surface area (Å²) < 4.78 is 16.8. The van der Waals surface area contributed by atoms with E-state index in [1.54, 1.807) is 27.5 Å². The predicted molar refractivity (Wildman–Crippen MR) is 165 cm³/mol. The number of fused-ring (bicyclic) bond motifs is 1. The minimum atomic E-state index is 0.408. The molecular weight excluding hydrogens is 542 g/mol. The van der Waals surface area contributed by atoms with Gasteiger partial charge in [0.1, 0.15) is 16.5 Å². The van der Waals surface area contributed by atoms with Crippen LogP contribution in [0, 0.1) is 0 Å². The number of ether oxygens (including phenoxy) is 3. The van der Waals surface area contributed by atoms with Crippen molar-refractivity contribution in [2.75, 3.05) is 96.3 Å². The largest absolute Gasteiger partial charge is 0.495 e. The Balaban J connectivity index is 1.33.